The molecule has 2 rings (SSSR count). The molecule has 2 aromatic rings. The van der Waals surface area contributed by atoms with Crippen molar-refractivity contribution >= 4 is 56.0 Å². The molecule has 7 nitrogen and oxygen atoms in total. The van der Waals surface area contributed by atoms with Crippen LogP contribution in [0.5, 0.6) is 0 Å². The van der Waals surface area contributed by atoms with Crippen LogP contribution in [0.1, 0.15) is 10.4 Å². The molecular formula is C14H14BrN5O2S2. The number of rotatable bonds is 7. The van der Waals surface area contributed by atoms with Crippen LogP contribution in [0.3, 0.4) is 0 Å². The summed E-state index contributed by atoms with van der Waals surface area (Å²) in [7, 11) is 0. The van der Waals surface area contributed by atoms with Gasteiger partial charge in [0.1, 0.15) is 0 Å². The zero-order valence-corrected chi connectivity index (χ0v) is 15.6. The van der Waals surface area contributed by atoms with Crippen LogP contribution >= 0.6 is 39.0 Å². The normalized spacial score (nSPS) is 10.0. The Labute approximate surface area is 155 Å². The zero-order chi connectivity index (χ0) is 17.4. The Morgan fingerprint density at radius 1 is 1.25 bits per heavy atom. The lowest BCUT2D eigenvalue weighted by atomic mass is 10.2. The Hall–Kier alpha value is -1.91. The number of halogens is 1. The molecule has 0 saturated heterocycles. The Morgan fingerprint density at radius 2 is 2.00 bits per heavy atom. The van der Waals surface area contributed by atoms with E-state index in [1.807, 2.05) is 0 Å². The first-order valence-electron chi connectivity index (χ1n) is 6.74. The third-order valence-corrected chi connectivity index (χ3v) is 5.10. The summed E-state index contributed by atoms with van der Waals surface area (Å²) < 4.78 is 1.54. The number of carbonyl (C=O) groups excluding carboxylic acids is 2. The smallest absolute Gasteiger partial charge is 0.269 e. The quantitative estimate of drug-likeness (QED) is 0.356. The molecular weight excluding hydrogens is 414 g/mol. The van der Waals surface area contributed by atoms with E-state index >= 15 is 0 Å². The molecule has 0 fully saturated rings. The van der Waals surface area contributed by atoms with Crippen molar-refractivity contribution in [1.82, 2.24) is 21.0 Å². The van der Waals surface area contributed by atoms with E-state index in [-0.39, 0.29) is 17.6 Å². The van der Waals surface area contributed by atoms with Gasteiger partial charge in [0.25, 0.3) is 5.91 Å². The van der Waals surface area contributed by atoms with Crippen LogP contribution in [0.15, 0.2) is 45.7 Å². The number of hydrogen-bond acceptors (Lipinski definition) is 7. The maximum atomic E-state index is 11.9. The largest absolute Gasteiger partial charge is 0.357 e. The number of nitrogens with one attached hydrogen (secondary N) is 3. The SMILES string of the molecule is C=CCNc1nnc(SCC(=O)NNC(=O)c2ccc(Br)cc2)s1. The Balaban J connectivity index is 1.73. The lowest BCUT2D eigenvalue weighted by molar-refractivity contribution is -0.119. The van der Waals surface area contributed by atoms with E-state index in [4.69, 9.17) is 0 Å². The molecule has 0 aliphatic heterocycles. The molecule has 0 bridgehead atoms. The Bertz CT molecular complexity index is 720. The maximum absolute atomic E-state index is 11.9. The van der Waals surface area contributed by atoms with Crippen LogP contribution in [0.4, 0.5) is 5.13 Å². The van der Waals surface area contributed by atoms with Gasteiger partial charge in [0, 0.05) is 16.6 Å². The second-order valence-electron chi connectivity index (χ2n) is 4.34. The molecule has 0 aliphatic carbocycles. The van der Waals surface area contributed by atoms with E-state index in [0.29, 0.717) is 21.6 Å². The van der Waals surface area contributed by atoms with E-state index in [1.54, 1.807) is 30.3 Å². The summed E-state index contributed by atoms with van der Waals surface area (Å²) in [6, 6.07) is 6.80. The molecule has 0 aliphatic rings. The van der Waals surface area contributed by atoms with Gasteiger partial charge in [-0.05, 0) is 24.3 Å². The van der Waals surface area contributed by atoms with Crippen molar-refractivity contribution < 1.29 is 9.59 Å². The highest BCUT2D eigenvalue weighted by Gasteiger charge is 2.10. The standard InChI is InChI=1S/C14H14BrN5O2S2/c1-2-7-16-13-19-20-14(24-13)23-8-11(21)17-18-12(22)9-3-5-10(15)6-4-9/h2-6H,1,7-8H2,(H,16,19)(H,17,21)(H,18,22). The van der Waals surface area contributed by atoms with Gasteiger partial charge in [0.2, 0.25) is 11.0 Å². The summed E-state index contributed by atoms with van der Waals surface area (Å²) in [5.74, 6) is -0.592. The van der Waals surface area contributed by atoms with Crippen LogP contribution < -0.4 is 16.2 Å². The van der Waals surface area contributed by atoms with Crippen LogP contribution in [0.2, 0.25) is 0 Å². The number of anilines is 1. The predicted molar refractivity (Wildman–Crippen MR) is 99.1 cm³/mol. The fraction of sp³-hybridized carbons (Fsp3) is 0.143. The van der Waals surface area contributed by atoms with Crippen molar-refractivity contribution in [3.63, 3.8) is 0 Å². The predicted octanol–water partition coefficient (Wildman–Crippen LogP) is 2.45. The topological polar surface area (TPSA) is 96.0 Å². The van der Waals surface area contributed by atoms with Gasteiger partial charge in [-0.25, -0.2) is 0 Å². The summed E-state index contributed by atoms with van der Waals surface area (Å²) in [5, 5.41) is 11.6. The van der Waals surface area contributed by atoms with Crippen molar-refractivity contribution in [3.05, 3.63) is 47.0 Å². The zero-order valence-electron chi connectivity index (χ0n) is 12.4. The first-order chi connectivity index (χ1) is 11.6. The first kappa shape index (κ1) is 18.4. The fourth-order valence-corrected chi connectivity index (χ4v) is 3.29. The number of carbonyl (C=O) groups is 2. The van der Waals surface area contributed by atoms with E-state index < -0.39 is 0 Å². The number of thioether (sulfide) groups is 1. The van der Waals surface area contributed by atoms with Crippen molar-refractivity contribution in [3.8, 4) is 0 Å². The van der Waals surface area contributed by atoms with Gasteiger partial charge in [-0.1, -0.05) is 45.1 Å². The number of nitrogens with zero attached hydrogens (tertiary/aromatic N) is 2. The first-order valence-corrected chi connectivity index (χ1v) is 9.34. The van der Waals surface area contributed by atoms with E-state index in [2.05, 4.69) is 48.9 Å². The molecule has 126 valence electrons. The second-order valence-corrected chi connectivity index (χ2v) is 7.46. The number of hydrazine groups is 1. The van der Waals surface area contributed by atoms with E-state index in [1.165, 1.54) is 23.1 Å². The third-order valence-electron chi connectivity index (χ3n) is 2.55. The van der Waals surface area contributed by atoms with Gasteiger partial charge in [0.15, 0.2) is 4.34 Å². The molecule has 0 radical (unpaired) electrons. The fourth-order valence-electron chi connectivity index (χ4n) is 1.46. The summed E-state index contributed by atoms with van der Waals surface area (Å²) in [5.41, 5.74) is 5.18. The van der Waals surface area contributed by atoms with Crippen molar-refractivity contribution in [2.75, 3.05) is 17.6 Å². The summed E-state index contributed by atoms with van der Waals surface area (Å²) in [6.45, 7) is 4.20. The molecule has 0 saturated carbocycles. The van der Waals surface area contributed by atoms with Crippen LogP contribution in [0, 0.1) is 0 Å². The van der Waals surface area contributed by atoms with E-state index in [9.17, 15) is 9.59 Å². The molecule has 0 unspecified atom stereocenters. The van der Waals surface area contributed by atoms with Crippen molar-refractivity contribution in [2.24, 2.45) is 0 Å². The summed E-state index contributed by atoms with van der Waals surface area (Å²) in [6.07, 6.45) is 1.72. The monoisotopic (exact) mass is 427 g/mol. The van der Waals surface area contributed by atoms with Gasteiger partial charge in [0.05, 0.1) is 5.75 Å². The minimum atomic E-state index is -0.382. The van der Waals surface area contributed by atoms with Crippen molar-refractivity contribution in [1.29, 1.82) is 0 Å². The third kappa shape index (κ3) is 5.95. The lowest BCUT2D eigenvalue weighted by Crippen LogP contribution is -2.42. The van der Waals surface area contributed by atoms with Crippen molar-refractivity contribution in [2.45, 2.75) is 4.34 Å². The number of hydrogen-bond donors (Lipinski definition) is 3. The molecule has 1 aromatic carbocycles. The van der Waals surface area contributed by atoms with Crippen LogP contribution in [-0.2, 0) is 4.79 Å². The molecule has 2 amide bonds. The molecule has 0 atom stereocenters. The van der Waals surface area contributed by atoms with Crippen LogP contribution in [-0.4, -0.2) is 34.3 Å². The van der Waals surface area contributed by atoms with E-state index in [0.717, 1.165) is 4.47 Å². The average Bonchev–Trinajstić information content (AvgIpc) is 3.04. The highest BCUT2D eigenvalue weighted by Crippen LogP contribution is 2.24. The average molecular weight is 428 g/mol. The summed E-state index contributed by atoms with van der Waals surface area (Å²) in [4.78, 5) is 23.6. The summed E-state index contributed by atoms with van der Waals surface area (Å²) >= 11 is 5.88. The highest BCUT2D eigenvalue weighted by molar-refractivity contribution is 9.10. The number of aromatic nitrogens is 2. The number of benzene rings is 1. The molecule has 0 spiro atoms. The lowest BCUT2D eigenvalue weighted by Gasteiger charge is -2.06. The van der Waals surface area contributed by atoms with Gasteiger partial charge < -0.3 is 5.32 Å². The van der Waals surface area contributed by atoms with Gasteiger partial charge >= 0.3 is 0 Å². The van der Waals surface area contributed by atoms with Gasteiger partial charge in [-0.15, -0.1) is 16.8 Å². The van der Waals surface area contributed by atoms with Gasteiger partial charge in [-0.2, -0.15) is 0 Å². The minimum Gasteiger partial charge on any atom is -0.357 e. The second kappa shape index (κ2) is 9.40. The molecule has 1 heterocycles. The molecule has 3 N–H and O–H groups in total. The highest BCUT2D eigenvalue weighted by atomic mass is 79.9. The van der Waals surface area contributed by atoms with Gasteiger partial charge in [-0.3, -0.25) is 20.4 Å². The molecule has 10 heteroatoms. The number of amides is 2. The minimum absolute atomic E-state index is 0.122. The van der Waals surface area contributed by atoms with Crippen LogP contribution in [0.25, 0.3) is 0 Å². The Morgan fingerprint density at radius 3 is 2.71 bits per heavy atom. The maximum Gasteiger partial charge on any atom is 0.269 e. The molecule has 24 heavy (non-hydrogen) atoms. The Kier molecular flexibility index (Phi) is 7.22. The molecule has 1 aromatic heterocycles.